The second-order valence-electron chi connectivity index (χ2n) is 5.86. The Morgan fingerprint density at radius 3 is 2.76 bits per heavy atom. The number of hydrogen-bond acceptors (Lipinski definition) is 5. The molecule has 3 rings (SSSR count). The van der Waals surface area contributed by atoms with Crippen LogP contribution in [0.5, 0.6) is 0 Å². The molecule has 1 amide bonds. The fourth-order valence-electron chi connectivity index (χ4n) is 2.61. The molecular weight excluding hydrogens is 364 g/mol. The van der Waals surface area contributed by atoms with Gasteiger partial charge in [-0.3, -0.25) is 4.79 Å². The van der Waals surface area contributed by atoms with Crippen molar-refractivity contribution >= 4 is 35.2 Å². The second kappa shape index (κ2) is 7.49. The molecule has 2 aromatic rings. The minimum atomic E-state index is -1.15. The van der Waals surface area contributed by atoms with Crippen molar-refractivity contribution in [3.8, 4) is 11.3 Å². The van der Waals surface area contributed by atoms with Crippen molar-refractivity contribution in [3.05, 3.63) is 41.4 Å². The number of nitrogens with one attached hydrogen (secondary N) is 1. The quantitative estimate of drug-likeness (QED) is 0.800. The molecule has 1 unspecified atom stereocenters. The van der Waals surface area contributed by atoms with Crippen molar-refractivity contribution in [2.45, 2.75) is 24.8 Å². The number of aromatic nitrogens is 1. The lowest BCUT2D eigenvalue weighted by Crippen LogP contribution is -2.54. The van der Waals surface area contributed by atoms with Crippen molar-refractivity contribution in [1.82, 2.24) is 10.3 Å². The van der Waals surface area contributed by atoms with Crippen LogP contribution in [0.25, 0.3) is 11.3 Å². The molecule has 1 saturated heterocycles. The van der Waals surface area contributed by atoms with Crippen LogP contribution in [0.3, 0.4) is 0 Å². The van der Waals surface area contributed by atoms with E-state index >= 15 is 0 Å². The highest BCUT2D eigenvalue weighted by atomic mass is 35.5. The van der Waals surface area contributed by atoms with Gasteiger partial charge in [0.05, 0.1) is 6.20 Å². The molecule has 1 aromatic carbocycles. The van der Waals surface area contributed by atoms with Crippen LogP contribution in [0, 0.1) is 0 Å². The molecule has 0 spiro atoms. The van der Waals surface area contributed by atoms with Gasteiger partial charge in [0.2, 0.25) is 5.91 Å². The third-order valence-corrected chi connectivity index (χ3v) is 5.50. The van der Waals surface area contributed by atoms with Gasteiger partial charge in [0.25, 0.3) is 0 Å². The second-order valence-corrected chi connectivity index (χ2v) is 7.40. The number of carbonyl (C=O) groups excluding carboxylic acids is 1. The number of carbonyl (C=O) groups is 2. The third kappa shape index (κ3) is 4.16. The molecule has 1 aliphatic rings. The van der Waals surface area contributed by atoms with E-state index in [0.29, 0.717) is 35.3 Å². The Morgan fingerprint density at radius 1 is 1.36 bits per heavy atom. The van der Waals surface area contributed by atoms with E-state index in [9.17, 15) is 14.7 Å². The van der Waals surface area contributed by atoms with E-state index in [-0.39, 0.29) is 12.3 Å². The van der Waals surface area contributed by atoms with E-state index < -0.39 is 11.5 Å². The number of aryl methyl sites for hydroxylation is 1. The summed E-state index contributed by atoms with van der Waals surface area (Å²) in [4.78, 5) is 27.7. The van der Waals surface area contributed by atoms with Crippen molar-refractivity contribution in [2.75, 3.05) is 11.5 Å². The molecule has 1 atom stereocenters. The minimum absolute atomic E-state index is 0.125. The fraction of sp³-hybridized carbons (Fsp3) is 0.353. The first kappa shape index (κ1) is 17.8. The summed E-state index contributed by atoms with van der Waals surface area (Å²) >= 11 is 7.39. The van der Waals surface area contributed by atoms with E-state index in [1.54, 1.807) is 18.3 Å². The average Bonchev–Trinajstić information content (AvgIpc) is 3.24. The summed E-state index contributed by atoms with van der Waals surface area (Å²) in [7, 11) is 0. The number of thioether (sulfide) groups is 1. The van der Waals surface area contributed by atoms with Crippen LogP contribution >= 0.6 is 23.4 Å². The maximum atomic E-state index is 12.1. The highest BCUT2D eigenvalue weighted by Gasteiger charge is 2.43. The smallest absolute Gasteiger partial charge is 0.330 e. The van der Waals surface area contributed by atoms with Crippen LogP contribution in [-0.4, -0.2) is 39.0 Å². The standard InChI is InChI=1S/C17H17ClN2O4S/c18-12-3-1-11(2-4-12)13-9-19-15(24-13)6-5-14(21)20-17(16(22)23)7-8-25-10-17/h1-4,9H,5-8,10H2,(H,20,21)(H,22,23). The zero-order valence-corrected chi connectivity index (χ0v) is 14.9. The molecule has 0 bridgehead atoms. The number of halogens is 1. The lowest BCUT2D eigenvalue weighted by atomic mass is 9.99. The van der Waals surface area contributed by atoms with Crippen molar-refractivity contribution in [1.29, 1.82) is 0 Å². The summed E-state index contributed by atoms with van der Waals surface area (Å²) in [5.41, 5.74) is -0.298. The number of carboxylic acid groups (broad SMARTS) is 1. The Bertz CT molecular complexity index is 769. The third-order valence-electron chi connectivity index (χ3n) is 4.06. The van der Waals surface area contributed by atoms with Crippen molar-refractivity contribution in [3.63, 3.8) is 0 Å². The van der Waals surface area contributed by atoms with Gasteiger partial charge in [0.1, 0.15) is 5.54 Å². The molecule has 8 heteroatoms. The van der Waals surface area contributed by atoms with E-state index in [4.69, 9.17) is 16.0 Å². The maximum Gasteiger partial charge on any atom is 0.330 e. The van der Waals surface area contributed by atoms with Crippen LogP contribution in [0.2, 0.25) is 5.02 Å². The number of nitrogens with zero attached hydrogens (tertiary/aromatic N) is 1. The molecule has 1 aliphatic heterocycles. The number of oxazole rings is 1. The van der Waals surface area contributed by atoms with Gasteiger partial charge in [-0.2, -0.15) is 11.8 Å². The van der Waals surface area contributed by atoms with Gasteiger partial charge in [-0.1, -0.05) is 11.6 Å². The Hall–Kier alpha value is -1.99. The lowest BCUT2D eigenvalue weighted by Gasteiger charge is -2.24. The highest BCUT2D eigenvalue weighted by molar-refractivity contribution is 7.99. The number of rotatable bonds is 6. The first-order valence-electron chi connectivity index (χ1n) is 7.81. The molecule has 2 heterocycles. The summed E-state index contributed by atoms with van der Waals surface area (Å²) in [6, 6.07) is 7.18. The van der Waals surface area contributed by atoms with Gasteiger partial charge in [-0.15, -0.1) is 0 Å². The predicted molar refractivity (Wildman–Crippen MR) is 95.7 cm³/mol. The van der Waals surface area contributed by atoms with Gasteiger partial charge < -0.3 is 14.8 Å². The number of benzene rings is 1. The summed E-state index contributed by atoms with van der Waals surface area (Å²) in [5.74, 6) is 0.875. The Balaban J connectivity index is 1.57. The first-order valence-corrected chi connectivity index (χ1v) is 9.35. The molecule has 0 saturated carbocycles. The van der Waals surface area contributed by atoms with Crippen LogP contribution in [0.15, 0.2) is 34.9 Å². The maximum absolute atomic E-state index is 12.1. The molecule has 25 heavy (non-hydrogen) atoms. The number of aliphatic carboxylic acids is 1. The normalized spacial score (nSPS) is 19.7. The lowest BCUT2D eigenvalue weighted by molar-refractivity contribution is -0.146. The molecule has 1 aromatic heterocycles. The van der Waals surface area contributed by atoms with Gasteiger partial charge in [-0.05, 0) is 36.4 Å². The van der Waals surface area contributed by atoms with Crippen LogP contribution in [-0.2, 0) is 16.0 Å². The predicted octanol–water partition coefficient (Wildman–Crippen LogP) is 3.00. The topological polar surface area (TPSA) is 92.4 Å². The Labute approximate surface area is 154 Å². The summed E-state index contributed by atoms with van der Waals surface area (Å²) in [6.07, 6.45) is 2.48. The van der Waals surface area contributed by atoms with Crippen LogP contribution in [0.4, 0.5) is 0 Å². The van der Waals surface area contributed by atoms with Crippen LogP contribution in [0.1, 0.15) is 18.7 Å². The molecule has 132 valence electrons. The van der Waals surface area contributed by atoms with Crippen molar-refractivity contribution in [2.24, 2.45) is 0 Å². The molecule has 0 aliphatic carbocycles. The number of carboxylic acids is 1. The zero-order valence-electron chi connectivity index (χ0n) is 13.3. The van der Waals surface area contributed by atoms with Gasteiger partial charge in [-0.25, -0.2) is 9.78 Å². The number of hydrogen-bond donors (Lipinski definition) is 2. The minimum Gasteiger partial charge on any atom is -0.479 e. The van der Waals surface area contributed by atoms with Gasteiger partial charge >= 0.3 is 5.97 Å². The molecule has 0 radical (unpaired) electrons. The zero-order chi connectivity index (χ0) is 17.9. The Morgan fingerprint density at radius 2 is 2.12 bits per heavy atom. The molecule has 2 N–H and O–H groups in total. The van der Waals surface area contributed by atoms with E-state index in [1.807, 2.05) is 12.1 Å². The highest BCUT2D eigenvalue weighted by Crippen LogP contribution is 2.28. The van der Waals surface area contributed by atoms with Gasteiger partial charge in [0.15, 0.2) is 11.7 Å². The van der Waals surface area contributed by atoms with Gasteiger partial charge in [0, 0.05) is 29.2 Å². The molecule has 1 fully saturated rings. The summed E-state index contributed by atoms with van der Waals surface area (Å²) in [6.45, 7) is 0. The Kier molecular flexibility index (Phi) is 5.34. The number of amides is 1. The average molecular weight is 381 g/mol. The van der Waals surface area contributed by atoms with E-state index in [1.165, 1.54) is 11.8 Å². The summed E-state index contributed by atoms with van der Waals surface area (Å²) in [5, 5.41) is 12.7. The monoisotopic (exact) mass is 380 g/mol. The summed E-state index contributed by atoms with van der Waals surface area (Å²) < 4.78 is 5.65. The van der Waals surface area contributed by atoms with E-state index in [2.05, 4.69) is 10.3 Å². The largest absolute Gasteiger partial charge is 0.479 e. The molecular formula is C17H17ClN2O4S. The van der Waals surface area contributed by atoms with Crippen molar-refractivity contribution < 1.29 is 19.1 Å². The fourth-order valence-corrected chi connectivity index (χ4v) is 4.06. The molecule has 6 nitrogen and oxygen atoms in total. The SMILES string of the molecule is O=C(CCc1ncc(-c2ccc(Cl)cc2)o1)NC1(C(=O)O)CCSC1. The van der Waals surface area contributed by atoms with E-state index in [0.717, 1.165) is 11.3 Å². The van der Waals surface area contributed by atoms with Crippen LogP contribution < -0.4 is 5.32 Å². The first-order chi connectivity index (χ1) is 12.0.